The highest BCUT2D eigenvalue weighted by Gasteiger charge is 2.50. The van der Waals surface area contributed by atoms with Crippen LogP contribution in [0.3, 0.4) is 0 Å². The molecule has 3 aliphatic rings. The smallest absolute Gasteiger partial charge is 0.268 e. The number of carbonyl (C=O) groups excluding carboxylic acids is 3. The number of hydrogen-bond donors (Lipinski definition) is 3. The van der Waals surface area contributed by atoms with Gasteiger partial charge in [0, 0.05) is 36.1 Å². The standard InChI is InChI=1S/C29H33N5O3/c1-29(2,3)25(32-26(35)23-12-17-8-4-6-10-21(17)30-23)28(37)34-16-19-14-20(34)15-33(19)27(36)24-13-18-9-5-7-11-22(18)31-24/h4-12,19-20,24-25,30-31H,13-16H2,1-3H3,(H,32,35)/t19-,20-,24?,25+/m0/s1. The highest BCUT2D eigenvalue weighted by Crippen LogP contribution is 2.35. The number of aromatic nitrogens is 1. The van der Waals surface area contributed by atoms with E-state index in [0.717, 1.165) is 23.0 Å². The third-order valence-electron chi connectivity index (χ3n) is 8.04. The average molecular weight is 500 g/mol. The molecule has 2 fully saturated rings. The molecule has 2 bridgehead atoms. The van der Waals surface area contributed by atoms with E-state index < -0.39 is 11.5 Å². The second-order valence-corrected chi connectivity index (χ2v) is 11.6. The summed E-state index contributed by atoms with van der Waals surface area (Å²) in [5.74, 6) is -0.268. The van der Waals surface area contributed by atoms with Crippen molar-refractivity contribution in [3.8, 4) is 0 Å². The molecular weight excluding hydrogens is 466 g/mol. The second kappa shape index (κ2) is 8.64. The van der Waals surface area contributed by atoms with E-state index in [9.17, 15) is 14.4 Å². The molecule has 4 heterocycles. The Morgan fingerprint density at radius 3 is 2.38 bits per heavy atom. The molecule has 3 amide bonds. The lowest BCUT2D eigenvalue weighted by Gasteiger charge is -2.39. The number of nitrogens with one attached hydrogen (secondary N) is 3. The maximum absolute atomic E-state index is 13.8. The number of nitrogens with zero attached hydrogens (tertiary/aromatic N) is 2. The van der Waals surface area contributed by atoms with Gasteiger partial charge in [0.2, 0.25) is 11.8 Å². The minimum Gasteiger partial charge on any atom is -0.373 e. The first-order chi connectivity index (χ1) is 17.7. The summed E-state index contributed by atoms with van der Waals surface area (Å²) in [5.41, 5.74) is 3.04. The van der Waals surface area contributed by atoms with Gasteiger partial charge in [-0.1, -0.05) is 57.2 Å². The number of aromatic amines is 1. The van der Waals surface area contributed by atoms with Crippen LogP contribution in [-0.2, 0) is 16.0 Å². The Balaban J connectivity index is 1.13. The van der Waals surface area contributed by atoms with Crippen molar-refractivity contribution in [3.63, 3.8) is 0 Å². The van der Waals surface area contributed by atoms with E-state index in [-0.39, 0.29) is 35.8 Å². The molecule has 3 aromatic rings. The average Bonchev–Trinajstić information content (AvgIpc) is 3.66. The fraction of sp³-hybridized carbons (Fsp3) is 0.414. The minimum atomic E-state index is -0.680. The van der Waals surface area contributed by atoms with Gasteiger partial charge in [-0.05, 0) is 35.6 Å². The zero-order valence-corrected chi connectivity index (χ0v) is 21.5. The van der Waals surface area contributed by atoms with Crippen molar-refractivity contribution in [2.24, 2.45) is 5.41 Å². The molecule has 1 unspecified atom stereocenters. The van der Waals surface area contributed by atoms with E-state index >= 15 is 0 Å². The Kier molecular flexibility index (Phi) is 5.51. The molecule has 6 rings (SSSR count). The lowest BCUT2D eigenvalue weighted by atomic mass is 9.85. The van der Waals surface area contributed by atoms with Crippen molar-refractivity contribution in [1.29, 1.82) is 0 Å². The van der Waals surface area contributed by atoms with E-state index in [1.165, 1.54) is 5.56 Å². The summed E-state index contributed by atoms with van der Waals surface area (Å²) in [6.45, 7) is 6.94. The highest BCUT2D eigenvalue weighted by atomic mass is 16.2. The van der Waals surface area contributed by atoms with Gasteiger partial charge in [-0.25, -0.2) is 0 Å². The summed E-state index contributed by atoms with van der Waals surface area (Å²) in [6.07, 6.45) is 1.47. The number of hydrogen-bond acceptors (Lipinski definition) is 4. The number of piperazine rings is 1. The molecule has 0 saturated carbocycles. The van der Waals surface area contributed by atoms with Crippen molar-refractivity contribution < 1.29 is 14.4 Å². The van der Waals surface area contributed by atoms with Crippen LogP contribution in [0.1, 0.15) is 43.2 Å². The van der Waals surface area contributed by atoms with Gasteiger partial charge in [0.15, 0.2) is 0 Å². The van der Waals surface area contributed by atoms with Crippen LogP contribution < -0.4 is 10.6 Å². The van der Waals surface area contributed by atoms with Crippen LogP contribution in [-0.4, -0.2) is 69.8 Å². The van der Waals surface area contributed by atoms with Gasteiger partial charge in [-0.15, -0.1) is 0 Å². The van der Waals surface area contributed by atoms with Crippen LogP contribution in [0.2, 0.25) is 0 Å². The van der Waals surface area contributed by atoms with Gasteiger partial charge in [0.25, 0.3) is 5.91 Å². The zero-order chi connectivity index (χ0) is 25.9. The molecule has 3 aliphatic heterocycles. The molecule has 0 spiro atoms. The molecule has 0 radical (unpaired) electrons. The quantitative estimate of drug-likeness (QED) is 0.514. The van der Waals surface area contributed by atoms with E-state index in [1.54, 1.807) is 0 Å². The number of rotatable bonds is 4. The van der Waals surface area contributed by atoms with E-state index in [2.05, 4.69) is 21.7 Å². The predicted molar refractivity (Wildman–Crippen MR) is 142 cm³/mol. The number of carbonyl (C=O) groups is 3. The van der Waals surface area contributed by atoms with Crippen LogP contribution in [0.5, 0.6) is 0 Å². The number of para-hydroxylation sites is 2. The molecule has 0 aliphatic carbocycles. The van der Waals surface area contributed by atoms with E-state index in [1.807, 2.05) is 79.1 Å². The molecule has 2 saturated heterocycles. The number of likely N-dealkylation sites (tertiary alicyclic amines) is 2. The Labute approximate surface area is 216 Å². The van der Waals surface area contributed by atoms with Crippen LogP contribution in [0.4, 0.5) is 5.69 Å². The number of H-pyrrole nitrogens is 1. The Morgan fingerprint density at radius 1 is 0.973 bits per heavy atom. The van der Waals surface area contributed by atoms with Crippen LogP contribution >= 0.6 is 0 Å². The normalized spacial score (nSPS) is 23.2. The fourth-order valence-electron chi connectivity index (χ4n) is 6.07. The fourth-order valence-corrected chi connectivity index (χ4v) is 6.07. The Hall–Kier alpha value is -3.81. The largest absolute Gasteiger partial charge is 0.373 e. The highest BCUT2D eigenvalue weighted by molar-refractivity contribution is 6.00. The molecule has 3 N–H and O–H groups in total. The Morgan fingerprint density at radius 2 is 1.68 bits per heavy atom. The van der Waals surface area contributed by atoms with Gasteiger partial charge in [-0.3, -0.25) is 14.4 Å². The van der Waals surface area contributed by atoms with Crippen molar-refractivity contribution in [2.45, 2.75) is 57.8 Å². The maximum Gasteiger partial charge on any atom is 0.268 e. The van der Waals surface area contributed by atoms with Gasteiger partial charge in [-0.2, -0.15) is 0 Å². The summed E-state index contributed by atoms with van der Waals surface area (Å²) < 4.78 is 0. The SMILES string of the molecule is CC(C)(C)[C@H](NC(=O)c1cc2ccccc2[nH]1)C(=O)N1C[C@@H]2C[C@H]1CN2C(=O)C1Cc2ccccc2N1. The van der Waals surface area contributed by atoms with Crippen molar-refractivity contribution >= 4 is 34.3 Å². The number of amides is 3. The number of benzene rings is 2. The lowest BCUT2D eigenvalue weighted by Crippen LogP contribution is -2.60. The Bertz CT molecular complexity index is 1330. The van der Waals surface area contributed by atoms with Crippen LogP contribution in [0.15, 0.2) is 54.6 Å². The van der Waals surface area contributed by atoms with E-state index in [0.29, 0.717) is 25.2 Å². The molecular formula is C29H33N5O3. The number of fused-ring (bicyclic) bond motifs is 4. The van der Waals surface area contributed by atoms with Crippen molar-refractivity contribution in [3.05, 3.63) is 65.9 Å². The van der Waals surface area contributed by atoms with Gasteiger partial charge in [0.1, 0.15) is 17.8 Å². The molecule has 37 heavy (non-hydrogen) atoms. The zero-order valence-electron chi connectivity index (χ0n) is 21.5. The molecule has 8 heteroatoms. The monoisotopic (exact) mass is 499 g/mol. The second-order valence-electron chi connectivity index (χ2n) is 11.6. The first-order valence-electron chi connectivity index (χ1n) is 13.0. The van der Waals surface area contributed by atoms with Gasteiger partial charge in [0.05, 0.1) is 12.1 Å². The number of anilines is 1. The van der Waals surface area contributed by atoms with Crippen LogP contribution in [0.25, 0.3) is 10.9 Å². The summed E-state index contributed by atoms with van der Waals surface area (Å²) in [7, 11) is 0. The first kappa shape index (κ1) is 23.6. The minimum absolute atomic E-state index is 0.0111. The molecule has 8 nitrogen and oxygen atoms in total. The topological polar surface area (TPSA) is 97.5 Å². The molecule has 1 aromatic heterocycles. The lowest BCUT2D eigenvalue weighted by molar-refractivity contribution is -0.142. The summed E-state index contributed by atoms with van der Waals surface area (Å²) in [6, 6.07) is 16.6. The molecule has 192 valence electrons. The third kappa shape index (κ3) is 4.14. The summed E-state index contributed by atoms with van der Waals surface area (Å²) in [4.78, 5) is 47.3. The summed E-state index contributed by atoms with van der Waals surface area (Å²) >= 11 is 0. The van der Waals surface area contributed by atoms with Crippen molar-refractivity contribution in [2.75, 3.05) is 18.4 Å². The van der Waals surface area contributed by atoms with Gasteiger partial charge >= 0.3 is 0 Å². The van der Waals surface area contributed by atoms with Gasteiger partial charge < -0.3 is 25.4 Å². The third-order valence-corrected chi connectivity index (χ3v) is 8.04. The van der Waals surface area contributed by atoms with Crippen LogP contribution in [0, 0.1) is 5.41 Å². The van der Waals surface area contributed by atoms with Crippen molar-refractivity contribution in [1.82, 2.24) is 20.1 Å². The summed E-state index contributed by atoms with van der Waals surface area (Å²) in [5, 5.41) is 7.33. The van der Waals surface area contributed by atoms with E-state index in [4.69, 9.17) is 0 Å². The predicted octanol–water partition coefficient (Wildman–Crippen LogP) is 3.16. The molecule has 2 aromatic carbocycles. The maximum atomic E-state index is 13.8. The molecule has 4 atom stereocenters. The first-order valence-corrected chi connectivity index (χ1v) is 13.0.